The van der Waals surface area contributed by atoms with Gasteiger partial charge in [0.2, 0.25) is 0 Å². The van der Waals surface area contributed by atoms with Crippen molar-refractivity contribution >= 4 is 35.0 Å². The first-order valence-corrected chi connectivity index (χ1v) is 10.5. The Morgan fingerprint density at radius 3 is 2.72 bits per heavy atom. The Kier molecular flexibility index (Phi) is 6.60. The Balaban J connectivity index is 1.60. The third-order valence-electron chi connectivity index (χ3n) is 5.16. The topological polar surface area (TPSA) is 89.6 Å². The van der Waals surface area contributed by atoms with E-state index in [0.29, 0.717) is 38.2 Å². The Morgan fingerprint density at radius 2 is 1.94 bits per heavy atom. The third kappa shape index (κ3) is 4.55. The molecule has 2 atom stereocenters. The third-order valence-corrected chi connectivity index (χ3v) is 5.72. The summed E-state index contributed by atoms with van der Waals surface area (Å²) >= 11 is 12.4. The van der Waals surface area contributed by atoms with Crippen LogP contribution in [0, 0.1) is 0 Å². The summed E-state index contributed by atoms with van der Waals surface area (Å²) < 4.78 is 5.16. The van der Waals surface area contributed by atoms with Gasteiger partial charge in [-0.25, -0.2) is 5.48 Å². The molecule has 7 nitrogen and oxygen atoms in total. The smallest absolute Gasteiger partial charge is 0.253 e. The summed E-state index contributed by atoms with van der Waals surface area (Å²) in [4.78, 5) is 35.6. The van der Waals surface area contributed by atoms with Crippen molar-refractivity contribution in [2.75, 3.05) is 7.11 Å². The molecule has 0 aliphatic carbocycles. The van der Waals surface area contributed by atoms with Gasteiger partial charge in [0, 0.05) is 27.9 Å². The van der Waals surface area contributed by atoms with Gasteiger partial charge in [-0.3, -0.25) is 19.4 Å². The van der Waals surface area contributed by atoms with Crippen molar-refractivity contribution in [3.8, 4) is 5.75 Å². The molecule has 164 valence electrons. The number of nitrogens with zero attached hydrogens (tertiary/aromatic N) is 1. The largest absolute Gasteiger partial charge is 0.497 e. The fourth-order valence-electron chi connectivity index (χ4n) is 3.67. The molecular weight excluding hydrogens is 453 g/mol. The minimum Gasteiger partial charge on any atom is -0.497 e. The molecule has 0 spiro atoms. The molecule has 1 aromatic heterocycles. The lowest BCUT2D eigenvalue weighted by Gasteiger charge is -2.33. The number of rotatable bonds is 6. The van der Waals surface area contributed by atoms with Crippen LogP contribution in [0.1, 0.15) is 39.1 Å². The summed E-state index contributed by atoms with van der Waals surface area (Å²) in [5.74, 6) is -0.870. The van der Waals surface area contributed by atoms with E-state index in [1.165, 1.54) is 0 Å². The molecule has 0 saturated carbocycles. The van der Waals surface area contributed by atoms with E-state index < -0.39 is 17.9 Å². The maximum Gasteiger partial charge on any atom is 0.253 e. The van der Waals surface area contributed by atoms with E-state index in [0.717, 1.165) is 0 Å². The van der Waals surface area contributed by atoms with Crippen molar-refractivity contribution in [1.82, 2.24) is 15.8 Å². The lowest BCUT2D eigenvalue weighted by molar-refractivity contribution is -0.137. The molecule has 1 aliphatic rings. The predicted octanol–water partition coefficient (Wildman–Crippen LogP) is 4.21. The second-order valence-corrected chi connectivity index (χ2v) is 7.97. The number of methoxy groups -OCH3 is 1. The van der Waals surface area contributed by atoms with Gasteiger partial charge >= 0.3 is 0 Å². The van der Waals surface area contributed by atoms with Gasteiger partial charge in [-0.1, -0.05) is 47.5 Å². The van der Waals surface area contributed by atoms with Crippen LogP contribution in [-0.4, -0.2) is 23.9 Å². The van der Waals surface area contributed by atoms with Crippen molar-refractivity contribution in [1.29, 1.82) is 0 Å². The Hall–Kier alpha value is -3.13. The number of pyridine rings is 1. The normalized spacial score (nSPS) is 17.3. The summed E-state index contributed by atoms with van der Waals surface area (Å²) in [7, 11) is 1.55. The van der Waals surface area contributed by atoms with Crippen LogP contribution < -0.4 is 15.5 Å². The molecule has 2 aromatic carbocycles. The maximum atomic E-state index is 13.2. The number of carbonyl (C=O) groups is 2. The first-order valence-electron chi connectivity index (χ1n) is 9.73. The van der Waals surface area contributed by atoms with Gasteiger partial charge in [0.25, 0.3) is 11.8 Å². The number of hydroxylamine groups is 1. The van der Waals surface area contributed by atoms with Crippen LogP contribution in [0.4, 0.5) is 0 Å². The second-order valence-electron chi connectivity index (χ2n) is 7.12. The summed E-state index contributed by atoms with van der Waals surface area (Å²) in [5.41, 5.74) is 4.64. The van der Waals surface area contributed by atoms with Gasteiger partial charge < -0.3 is 10.1 Å². The van der Waals surface area contributed by atoms with Crippen LogP contribution in [0.25, 0.3) is 0 Å². The molecule has 2 amide bonds. The number of ether oxygens (including phenoxy) is 1. The molecule has 4 rings (SSSR count). The molecular formula is C23H19Cl2N3O4. The standard InChI is InChI=1S/C23H19Cl2N3O4/c1-31-15-8-9-26-14(11-15)12-32-28-23(30)20-16-4-2-3-5-17(16)22(29)27-21(20)18-7-6-13(24)10-19(18)25/h2-11,20-21H,12H2,1H3,(H,27,29)(H,28,30)/t20-,21+/m1/s1. The van der Waals surface area contributed by atoms with Crippen LogP contribution in [0.15, 0.2) is 60.8 Å². The van der Waals surface area contributed by atoms with Crippen molar-refractivity contribution in [2.45, 2.75) is 18.6 Å². The first-order chi connectivity index (χ1) is 15.5. The Bertz CT molecular complexity index is 1170. The average Bonchev–Trinajstić information content (AvgIpc) is 2.79. The lowest BCUT2D eigenvalue weighted by Crippen LogP contribution is -2.44. The van der Waals surface area contributed by atoms with Crippen molar-refractivity contribution in [3.05, 3.63) is 93.2 Å². The molecule has 2 heterocycles. The summed E-state index contributed by atoms with van der Waals surface area (Å²) in [5, 5.41) is 3.70. The highest BCUT2D eigenvalue weighted by atomic mass is 35.5. The predicted molar refractivity (Wildman–Crippen MR) is 120 cm³/mol. The molecule has 0 saturated heterocycles. The molecule has 2 N–H and O–H groups in total. The second kappa shape index (κ2) is 9.56. The van der Waals surface area contributed by atoms with E-state index in [4.69, 9.17) is 32.8 Å². The fourth-order valence-corrected chi connectivity index (χ4v) is 4.19. The number of hydrogen-bond acceptors (Lipinski definition) is 5. The molecule has 0 radical (unpaired) electrons. The van der Waals surface area contributed by atoms with E-state index in [2.05, 4.69) is 15.8 Å². The minimum atomic E-state index is -0.777. The summed E-state index contributed by atoms with van der Waals surface area (Å²) in [6, 6.07) is 14.6. The molecule has 0 bridgehead atoms. The maximum absolute atomic E-state index is 13.2. The van der Waals surface area contributed by atoms with Gasteiger partial charge in [-0.2, -0.15) is 0 Å². The van der Waals surface area contributed by atoms with Gasteiger partial charge in [0.05, 0.1) is 24.8 Å². The average molecular weight is 472 g/mol. The van der Waals surface area contributed by atoms with Crippen molar-refractivity contribution in [3.63, 3.8) is 0 Å². The van der Waals surface area contributed by atoms with E-state index >= 15 is 0 Å². The van der Waals surface area contributed by atoms with Gasteiger partial charge in [-0.15, -0.1) is 0 Å². The molecule has 9 heteroatoms. The number of fused-ring (bicyclic) bond motifs is 1. The van der Waals surface area contributed by atoms with Crippen molar-refractivity contribution < 1.29 is 19.2 Å². The molecule has 0 unspecified atom stereocenters. The van der Waals surface area contributed by atoms with Crippen LogP contribution in [0.3, 0.4) is 0 Å². The zero-order valence-electron chi connectivity index (χ0n) is 17.0. The molecule has 32 heavy (non-hydrogen) atoms. The van der Waals surface area contributed by atoms with E-state index in [1.807, 2.05) is 0 Å². The van der Waals surface area contributed by atoms with Crippen LogP contribution in [0.5, 0.6) is 5.75 Å². The van der Waals surface area contributed by atoms with Gasteiger partial charge in [-0.05, 0) is 35.4 Å². The number of benzene rings is 2. The van der Waals surface area contributed by atoms with Crippen LogP contribution in [0.2, 0.25) is 10.0 Å². The minimum absolute atomic E-state index is 0.0377. The quantitative estimate of drug-likeness (QED) is 0.525. The number of carbonyl (C=O) groups excluding carboxylic acids is 2. The fraction of sp³-hybridized carbons (Fsp3) is 0.174. The Labute approximate surface area is 194 Å². The molecule has 3 aromatic rings. The SMILES string of the molecule is COc1ccnc(CONC(=O)[C@@H]2c3ccccc3C(=O)N[C@H]2c2ccc(Cl)cc2Cl)c1. The van der Waals surface area contributed by atoms with Crippen molar-refractivity contribution in [2.24, 2.45) is 0 Å². The van der Waals surface area contributed by atoms with E-state index in [-0.39, 0.29) is 12.5 Å². The highest BCUT2D eigenvalue weighted by Gasteiger charge is 2.40. The number of halogens is 2. The zero-order chi connectivity index (χ0) is 22.7. The summed E-state index contributed by atoms with van der Waals surface area (Å²) in [6.07, 6.45) is 1.59. The molecule has 1 aliphatic heterocycles. The molecule has 0 fully saturated rings. The highest BCUT2D eigenvalue weighted by Crippen LogP contribution is 2.40. The zero-order valence-corrected chi connectivity index (χ0v) is 18.5. The first kappa shape index (κ1) is 22.1. The number of nitrogens with one attached hydrogen (secondary N) is 2. The van der Waals surface area contributed by atoms with Gasteiger partial charge in [0.1, 0.15) is 12.4 Å². The monoisotopic (exact) mass is 471 g/mol. The van der Waals surface area contributed by atoms with Crippen LogP contribution in [-0.2, 0) is 16.2 Å². The number of amides is 2. The lowest BCUT2D eigenvalue weighted by atomic mass is 9.80. The number of hydrogen-bond donors (Lipinski definition) is 2. The van der Waals surface area contributed by atoms with E-state index in [1.54, 1.807) is 67.9 Å². The number of aromatic nitrogens is 1. The highest BCUT2D eigenvalue weighted by molar-refractivity contribution is 6.35. The van der Waals surface area contributed by atoms with E-state index in [9.17, 15) is 9.59 Å². The Morgan fingerprint density at radius 1 is 1.12 bits per heavy atom. The van der Waals surface area contributed by atoms with Crippen LogP contribution >= 0.6 is 23.2 Å². The van der Waals surface area contributed by atoms with Gasteiger partial charge in [0.15, 0.2) is 0 Å². The summed E-state index contributed by atoms with van der Waals surface area (Å²) in [6.45, 7) is 0.0377.